The SMILES string of the molecule is COc1ccc(Cl)cc1N(CC(=O)N/N=C(\C)c1ccc(F)cc1)S(=O)(=O)c1ccc(C)cc1. The van der Waals surface area contributed by atoms with Crippen LogP contribution in [0.5, 0.6) is 5.75 Å². The van der Waals surface area contributed by atoms with E-state index >= 15 is 0 Å². The van der Waals surface area contributed by atoms with E-state index in [1.807, 2.05) is 6.92 Å². The van der Waals surface area contributed by atoms with Crippen molar-refractivity contribution in [2.24, 2.45) is 5.10 Å². The molecule has 7 nitrogen and oxygen atoms in total. The molecule has 1 N–H and O–H groups in total. The van der Waals surface area contributed by atoms with Crippen molar-refractivity contribution in [3.8, 4) is 5.75 Å². The smallest absolute Gasteiger partial charge is 0.264 e. The minimum atomic E-state index is -4.17. The fourth-order valence-electron chi connectivity index (χ4n) is 3.06. The van der Waals surface area contributed by atoms with Crippen molar-refractivity contribution in [2.45, 2.75) is 18.7 Å². The van der Waals surface area contributed by atoms with Gasteiger partial charge in [-0.25, -0.2) is 18.2 Å². The van der Waals surface area contributed by atoms with Crippen molar-refractivity contribution in [2.75, 3.05) is 18.0 Å². The molecule has 3 rings (SSSR count). The summed E-state index contributed by atoms with van der Waals surface area (Å²) < 4.78 is 46.4. The van der Waals surface area contributed by atoms with E-state index in [4.69, 9.17) is 16.3 Å². The molecule has 0 aliphatic rings. The van der Waals surface area contributed by atoms with Crippen LogP contribution < -0.4 is 14.5 Å². The van der Waals surface area contributed by atoms with Crippen LogP contribution in [0.25, 0.3) is 0 Å². The maximum atomic E-state index is 13.5. The Morgan fingerprint density at radius 1 is 1.09 bits per heavy atom. The lowest BCUT2D eigenvalue weighted by molar-refractivity contribution is -0.119. The van der Waals surface area contributed by atoms with E-state index in [0.717, 1.165) is 9.87 Å². The van der Waals surface area contributed by atoms with E-state index in [2.05, 4.69) is 10.5 Å². The first-order valence-corrected chi connectivity index (χ1v) is 12.0. The molecule has 0 aromatic heterocycles. The van der Waals surface area contributed by atoms with Crippen LogP contribution in [0, 0.1) is 12.7 Å². The maximum Gasteiger partial charge on any atom is 0.264 e. The molecule has 178 valence electrons. The van der Waals surface area contributed by atoms with Gasteiger partial charge < -0.3 is 4.74 Å². The van der Waals surface area contributed by atoms with Gasteiger partial charge in [0, 0.05) is 5.02 Å². The molecule has 0 unspecified atom stereocenters. The number of nitrogens with zero attached hydrogens (tertiary/aromatic N) is 2. The number of amides is 1. The van der Waals surface area contributed by atoms with E-state index in [1.54, 1.807) is 25.1 Å². The van der Waals surface area contributed by atoms with Crippen LogP contribution in [0.15, 0.2) is 76.7 Å². The van der Waals surface area contributed by atoms with E-state index < -0.39 is 28.3 Å². The van der Waals surface area contributed by atoms with Crippen molar-refractivity contribution in [3.05, 3.63) is 88.7 Å². The molecule has 3 aromatic carbocycles. The Hall–Kier alpha value is -3.43. The molecule has 0 saturated heterocycles. The van der Waals surface area contributed by atoms with Crippen LogP contribution >= 0.6 is 11.6 Å². The standard InChI is InChI=1S/C24H23ClFN3O4S/c1-16-4-11-21(12-5-16)34(31,32)29(22-14-19(25)8-13-23(22)33-3)15-24(30)28-27-17(2)18-6-9-20(26)10-7-18/h4-14H,15H2,1-3H3,(H,28,30)/b27-17+. The predicted molar refractivity (Wildman–Crippen MR) is 130 cm³/mol. The number of anilines is 1. The number of carbonyl (C=O) groups is 1. The summed E-state index contributed by atoms with van der Waals surface area (Å²) in [6, 6.07) is 16.3. The summed E-state index contributed by atoms with van der Waals surface area (Å²) in [4.78, 5) is 12.8. The van der Waals surface area contributed by atoms with Gasteiger partial charge in [0.05, 0.1) is 23.4 Å². The van der Waals surface area contributed by atoms with Crippen LogP contribution in [-0.2, 0) is 14.8 Å². The highest BCUT2D eigenvalue weighted by atomic mass is 35.5. The van der Waals surface area contributed by atoms with Crippen molar-refractivity contribution in [1.82, 2.24) is 5.43 Å². The largest absolute Gasteiger partial charge is 0.495 e. The lowest BCUT2D eigenvalue weighted by Gasteiger charge is -2.25. The first-order valence-electron chi connectivity index (χ1n) is 10.1. The van der Waals surface area contributed by atoms with Gasteiger partial charge in [-0.2, -0.15) is 5.10 Å². The van der Waals surface area contributed by atoms with Gasteiger partial charge in [-0.3, -0.25) is 9.10 Å². The number of rotatable bonds is 8. The molecule has 34 heavy (non-hydrogen) atoms. The average molecular weight is 504 g/mol. The highest BCUT2D eigenvalue weighted by molar-refractivity contribution is 7.92. The molecular formula is C24H23ClFN3O4S. The van der Waals surface area contributed by atoms with Gasteiger partial charge in [0.1, 0.15) is 18.1 Å². The number of benzene rings is 3. The minimum absolute atomic E-state index is 0.000998. The summed E-state index contributed by atoms with van der Waals surface area (Å²) in [6.45, 7) is 2.88. The molecule has 10 heteroatoms. The molecule has 3 aromatic rings. The minimum Gasteiger partial charge on any atom is -0.495 e. The van der Waals surface area contributed by atoms with E-state index in [1.165, 1.54) is 55.6 Å². The van der Waals surface area contributed by atoms with E-state index in [9.17, 15) is 17.6 Å². The summed E-state index contributed by atoms with van der Waals surface area (Å²) in [6.07, 6.45) is 0. The van der Waals surface area contributed by atoms with Crippen molar-refractivity contribution in [1.29, 1.82) is 0 Å². The number of methoxy groups -OCH3 is 1. The Kier molecular flexibility index (Phi) is 7.90. The zero-order valence-corrected chi connectivity index (χ0v) is 20.3. The van der Waals surface area contributed by atoms with Gasteiger partial charge in [-0.1, -0.05) is 41.4 Å². The number of halogens is 2. The Bertz CT molecular complexity index is 1310. The summed E-state index contributed by atoms with van der Waals surface area (Å²) >= 11 is 6.13. The van der Waals surface area contributed by atoms with Crippen LogP contribution in [0.2, 0.25) is 5.02 Å². The van der Waals surface area contributed by atoms with E-state index in [-0.39, 0.29) is 21.4 Å². The van der Waals surface area contributed by atoms with Crippen molar-refractivity contribution < 1.29 is 22.3 Å². The highest BCUT2D eigenvalue weighted by Gasteiger charge is 2.29. The normalized spacial score (nSPS) is 11.7. The van der Waals surface area contributed by atoms with Gasteiger partial charge in [0.25, 0.3) is 15.9 Å². The second kappa shape index (κ2) is 10.7. The third kappa shape index (κ3) is 5.92. The number of hydrogen-bond acceptors (Lipinski definition) is 5. The van der Waals surface area contributed by atoms with Crippen LogP contribution in [0.3, 0.4) is 0 Å². The van der Waals surface area contributed by atoms with Gasteiger partial charge in [-0.15, -0.1) is 0 Å². The Morgan fingerprint density at radius 2 is 1.74 bits per heavy atom. The molecular weight excluding hydrogens is 481 g/mol. The summed E-state index contributed by atoms with van der Waals surface area (Å²) in [5.74, 6) is -0.869. The highest BCUT2D eigenvalue weighted by Crippen LogP contribution is 2.34. The molecule has 0 heterocycles. The van der Waals surface area contributed by atoms with Crippen molar-refractivity contribution in [3.63, 3.8) is 0 Å². The second-order valence-electron chi connectivity index (χ2n) is 7.38. The molecule has 0 saturated carbocycles. The average Bonchev–Trinajstić information content (AvgIpc) is 2.81. The zero-order valence-electron chi connectivity index (χ0n) is 18.7. The van der Waals surface area contributed by atoms with Gasteiger partial charge in [-0.05, 0) is 61.9 Å². The molecule has 0 atom stereocenters. The Labute approximate surface area is 202 Å². The zero-order chi connectivity index (χ0) is 24.9. The third-order valence-corrected chi connectivity index (χ3v) is 6.93. The Morgan fingerprint density at radius 3 is 2.35 bits per heavy atom. The quantitative estimate of drug-likeness (QED) is 0.361. The molecule has 0 aliphatic heterocycles. The lowest BCUT2D eigenvalue weighted by atomic mass is 10.1. The molecule has 0 radical (unpaired) electrons. The first kappa shape index (κ1) is 25.2. The molecule has 1 amide bonds. The van der Waals surface area contributed by atoms with Gasteiger partial charge in [0.2, 0.25) is 0 Å². The molecule has 0 bridgehead atoms. The number of carbonyl (C=O) groups excluding carboxylic acids is 1. The van der Waals surface area contributed by atoms with Crippen LogP contribution in [0.4, 0.5) is 10.1 Å². The monoisotopic (exact) mass is 503 g/mol. The number of sulfonamides is 1. The number of nitrogens with one attached hydrogen (secondary N) is 1. The topological polar surface area (TPSA) is 88.1 Å². The van der Waals surface area contributed by atoms with Gasteiger partial charge in [0.15, 0.2) is 0 Å². The number of aryl methyl sites for hydroxylation is 1. The number of hydrogen-bond donors (Lipinski definition) is 1. The summed E-state index contributed by atoms with van der Waals surface area (Å²) in [5.41, 5.74) is 4.36. The maximum absolute atomic E-state index is 13.5. The van der Waals surface area contributed by atoms with Crippen LogP contribution in [-0.4, -0.2) is 33.7 Å². The number of hydrazone groups is 1. The van der Waals surface area contributed by atoms with Gasteiger partial charge >= 0.3 is 0 Å². The fourth-order valence-corrected chi connectivity index (χ4v) is 4.65. The molecule has 0 fully saturated rings. The fraction of sp³-hybridized carbons (Fsp3) is 0.167. The van der Waals surface area contributed by atoms with Crippen LogP contribution in [0.1, 0.15) is 18.1 Å². The first-order chi connectivity index (χ1) is 16.1. The predicted octanol–water partition coefficient (Wildman–Crippen LogP) is 4.53. The summed E-state index contributed by atoms with van der Waals surface area (Å²) in [7, 11) is -2.78. The third-order valence-electron chi connectivity index (χ3n) is 4.92. The Balaban J connectivity index is 1.95. The van der Waals surface area contributed by atoms with E-state index in [0.29, 0.717) is 11.3 Å². The second-order valence-corrected chi connectivity index (χ2v) is 9.68. The molecule has 0 aliphatic carbocycles. The number of ether oxygens (including phenoxy) is 1. The summed E-state index contributed by atoms with van der Waals surface area (Å²) in [5, 5.41) is 4.28. The molecule has 0 spiro atoms. The lowest BCUT2D eigenvalue weighted by Crippen LogP contribution is -2.40. The van der Waals surface area contributed by atoms with Crippen molar-refractivity contribution >= 4 is 38.9 Å².